The van der Waals surface area contributed by atoms with Crippen molar-refractivity contribution in [2.24, 2.45) is 0 Å². The van der Waals surface area contributed by atoms with Crippen LogP contribution in [0.4, 0.5) is 0 Å². The smallest absolute Gasteiger partial charge is 0.492 e. The molecule has 0 aromatic heterocycles. The van der Waals surface area contributed by atoms with Gasteiger partial charge in [0, 0.05) is 12.0 Å². The number of methoxy groups -OCH3 is 1. The Morgan fingerprint density at radius 1 is 1.10 bits per heavy atom. The van der Waals surface area contributed by atoms with Gasteiger partial charge in [-0.2, -0.15) is 0 Å². The minimum Gasteiger partial charge on any atom is -0.497 e. The molecule has 4 nitrogen and oxygen atoms in total. The van der Waals surface area contributed by atoms with Gasteiger partial charge in [-0.3, -0.25) is 4.90 Å². The normalized spacial score (nSPS) is 17.4. The fourth-order valence-corrected chi connectivity index (χ4v) is 2.81. The number of rotatable bonds is 4. The van der Waals surface area contributed by atoms with E-state index in [4.69, 9.17) is 4.74 Å². The Labute approximate surface area is 121 Å². The largest absolute Gasteiger partial charge is 0.497 e. The Morgan fingerprint density at radius 3 is 2.35 bits per heavy atom. The summed E-state index contributed by atoms with van der Waals surface area (Å²) in [4.78, 5) is 2.45. The molecule has 1 fully saturated rings. The second kappa shape index (κ2) is 7.67. The van der Waals surface area contributed by atoms with Crippen molar-refractivity contribution in [3.8, 4) is 5.75 Å². The van der Waals surface area contributed by atoms with Gasteiger partial charge in [0.1, 0.15) is 5.75 Å². The zero-order valence-corrected chi connectivity index (χ0v) is 12.2. The molecule has 1 aliphatic heterocycles. The minimum absolute atomic E-state index is 0.442. The number of hydrogen-bond donors (Lipinski definition) is 2. The van der Waals surface area contributed by atoms with E-state index in [9.17, 15) is 10.0 Å². The third-order valence-electron chi connectivity index (χ3n) is 3.93. The van der Waals surface area contributed by atoms with E-state index in [0.29, 0.717) is 11.2 Å². The lowest BCUT2D eigenvalue weighted by Gasteiger charge is -2.25. The van der Waals surface area contributed by atoms with Crippen LogP contribution in [0.5, 0.6) is 5.75 Å². The molecule has 0 unspecified atom stereocenters. The lowest BCUT2D eigenvalue weighted by molar-refractivity contribution is 0.240. The standard InChI is InChI=1S/C15H24BNO3/c1-20-15-8-7-13(11-14(15)16(18)19)12-17-9-5-3-2-4-6-10-17/h7-8,11,18-19H,2-6,9-10,12H2,1H3. The van der Waals surface area contributed by atoms with Crippen LogP contribution in [0, 0.1) is 0 Å². The highest BCUT2D eigenvalue weighted by molar-refractivity contribution is 6.59. The van der Waals surface area contributed by atoms with E-state index in [1.807, 2.05) is 18.2 Å². The van der Waals surface area contributed by atoms with Crippen molar-refractivity contribution in [3.63, 3.8) is 0 Å². The number of hydrogen-bond acceptors (Lipinski definition) is 4. The van der Waals surface area contributed by atoms with Crippen molar-refractivity contribution in [1.82, 2.24) is 4.90 Å². The van der Waals surface area contributed by atoms with Crippen molar-refractivity contribution >= 4 is 12.6 Å². The quantitative estimate of drug-likeness (QED) is 0.810. The van der Waals surface area contributed by atoms with Gasteiger partial charge in [0.05, 0.1) is 7.11 Å². The topological polar surface area (TPSA) is 52.9 Å². The summed E-state index contributed by atoms with van der Waals surface area (Å²) in [5.41, 5.74) is 1.55. The highest BCUT2D eigenvalue weighted by atomic mass is 16.5. The van der Waals surface area contributed by atoms with Gasteiger partial charge in [-0.25, -0.2) is 0 Å². The van der Waals surface area contributed by atoms with Crippen molar-refractivity contribution in [2.75, 3.05) is 20.2 Å². The maximum absolute atomic E-state index is 9.41. The lowest BCUT2D eigenvalue weighted by Crippen LogP contribution is -2.32. The third kappa shape index (κ3) is 4.23. The molecule has 0 atom stereocenters. The summed E-state index contributed by atoms with van der Waals surface area (Å²) in [6.45, 7) is 3.12. The molecule has 0 radical (unpaired) electrons. The summed E-state index contributed by atoms with van der Waals surface area (Å²) in [5, 5.41) is 18.8. The van der Waals surface area contributed by atoms with Crippen LogP contribution in [0.25, 0.3) is 0 Å². The fourth-order valence-electron chi connectivity index (χ4n) is 2.81. The first-order valence-corrected chi connectivity index (χ1v) is 7.46. The highest BCUT2D eigenvalue weighted by Gasteiger charge is 2.18. The Morgan fingerprint density at radius 2 is 1.75 bits per heavy atom. The van der Waals surface area contributed by atoms with E-state index >= 15 is 0 Å². The molecular formula is C15H24BNO3. The van der Waals surface area contributed by atoms with E-state index in [0.717, 1.165) is 25.2 Å². The van der Waals surface area contributed by atoms with Gasteiger partial charge >= 0.3 is 7.12 Å². The number of nitrogens with zero attached hydrogens (tertiary/aromatic N) is 1. The summed E-state index contributed by atoms with van der Waals surface area (Å²) in [6.07, 6.45) is 6.51. The molecule has 0 saturated carbocycles. The van der Waals surface area contributed by atoms with Crippen LogP contribution in [0.2, 0.25) is 0 Å². The minimum atomic E-state index is -1.49. The number of benzene rings is 1. The molecule has 0 spiro atoms. The maximum atomic E-state index is 9.41. The molecule has 110 valence electrons. The molecular weight excluding hydrogens is 253 g/mol. The first kappa shape index (κ1) is 15.4. The predicted octanol–water partition coefficient (Wildman–Crippen LogP) is 1.14. The van der Waals surface area contributed by atoms with Crippen molar-refractivity contribution in [1.29, 1.82) is 0 Å². The summed E-state index contributed by atoms with van der Waals surface area (Å²) in [5.74, 6) is 0.524. The van der Waals surface area contributed by atoms with Gasteiger partial charge in [-0.1, -0.05) is 31.4 Å². The monoisotopic (exact) mass is 277 g/mol. The summed E-state index contributed by atoms with van der Waals surface area (Å²) in [6, 6.07) is 5.65. The molecule has 20 heavy (non-hydrogen) atoms. The van der Waals surface area contributed by atoms with Crippen LogP contribution >= 0.6 is 0 Å². The zero-order valence-electron chi connectivity index (χ0n) is 12.2. The summed E-state index contributed by atoms with van der Waals surface area (Å²) >= 11 is 0. The second-order valence-corrected chi connectivity index (χ2v) is 5.49. The first-order valence-electron chi connectivity index (χ1n) is 7.46. The molecule has 0 amide bonds. The Bertz CT molecular complexity index is 418. The van der Waals surface area contributed by atoms with Gasteiger partial charge in [0.2, 0.25) is 0 Å². The van der Waals surface area contributed by atoms with E-state index < -0.39 is 7.12 Å². The van der Waals surface area contributed by atoms with Gasteiger partial charge in [-0.05, 0) is 37.6 Å². The average molecular weight is 277 g/mol. The zero-order chi connectivity index (χ0) is 14.4. The van der Waals surface area contributed by atoms with E-state index in [-0.39, 0.29) is 0 Å². The fraction of sp³-hybridized carbons (Fsp3) is 0.600. The maximum Gasteiger partial charge on any atom is 0.492 e. The van der Waals surface area contributed by atoms with Crippen LogP contribution in [-0.4, -0.2) is 42.3 Å². The molecule has 5 heteroatoms. The molecule has 1 saturated heterocycles. The van der Waals surface area contributed by atoms with Crippen LogP contribution in [0.15, 0.2) is 18.2 Å². The molecule has 1 aliphatic rings. The van der Waals surface area contributed by atoms with Gasteiger partial charge in [0.25, 0.3) is 0 Å². The molecule has 1 heterocycles. The predicted molar refractivity (Wildman–Crippen MR) is 81.2 cm³/mol. The highest BCUT2D eigenvalue weighted by Crippen LogP contribution is 2.15. The second-order valence-electron chi connectivity index (χ2n) is 5.49. The first-order chi connectivity index (χ1) is 9.70. The van der Waals surface area contributed by atoms with Crippen molar-refractivity contribution in [3.05, 3.63) is 23.8 Å². The van der Waals surface area contributed by atoms with Gasteiger partial charge in [-0.15, -0.1) is 0 Å². The van der Waals surface area contributed by atoms with Gasteiger partial charge < -0.3 is 14.8 Å². The summed E-state index contributed by atoms with van der Waals surface area (Å²) in [7, 11) is 0.0522. The molecule has 0 aliphatic carbocycles. The van der Waals surface area contributed by atoms with E-state index in [1.165, 1.54) is 32.1 Å². The van der Waals surface area contributed by atoms with Crippen molar-refractivity contribution in [2.45, 2.75) is 38.6 Å². The molecule has 1 aromatic rings. The number of likely N-dealkylation sites (tertiary alicyclic amines) is 1. The van der Waals surface area contributed by atoms with Crippen LogP contribution in [0.3, 0.4) is 0 Å². The van der Waals surface area contributed by atoms with Crippen LogP contribution in [0.1, 0.15) is 37.7 Å². The molecule has 2 N–H and O–H groups in total. The SMILES string of the molecule is COc1ccc(CN2CCCCCCC2)cc1B(O)O. The molecule has 0 bridgehead atoms. The summed E-state index contributed by atoms with van der Waals surface area (Å²) < 4.78 is 5.15. The van der Waals surface area contributed by atoms with Crippen molar-refractivity contribution < 1.29 is 14.8 Å². The Kier molecular flexibility index (Phi) is 5.89. The number of ether oxygens (including phenoxy) is 1. The molecule has 1 aromatic carbocycles. The Hall–Kier alpha value is -1.04. The molecule has 2 rings (SSSR count). The van der Waals surface area contributed by atoms with E-state index in [1.54, 1.807) is 7.11 Å². The third-order valence-corrected chi connectivity index (χ3v) is 3.93. The lowest BCUT2D eigenvalue weighted by atomic mass is 9.78. The van der Waals surface area contributed by atoms with Crippen LogP contribution < -0.4 is 10.2 Å². The van der Waals surface area contributed by atoms with Gasteiger partial charge in [0.15, 0.2) is 0 Å². The average Bonchev–Trinajstić information content (AvgIpc) is 2.41. The Balaban J connectivity index is 2.06. The van der Waals surface area contributed by atoms with Crippen LogP contribution in [-0.2, 0) is 6.54 Å². The van der Waals surface area contributed by atoms with E-state index in [2.05, 4.69) is 4.90 Å².